The van der Waals surface area contributed by atoms with Crippen LogP contribution in [0, 0.1) is 10.1 Å². The molecule has 0 atom stereocenters. The molecule has 1 fully saturated rings. The number of nitro benzene ring substituents is 1. The van der Waals surface area contributed by atoms with Gasteiger partial charge < -0.3 is 0 Å². The number of Topliss-reactive ketones (excluding diaryl/α,β-unsaturated/α-hetero) is 1. The van der Waals surface area contributed by atoms with Crippen LogP contribution < -0.4 is 0 Å². The van der Waals surface area contributed by atoms with E-state index in [1.807, 2.05) is 23.6 Å². The van der Waals surface area contributed by atoms with E-state index < -0.39 is 0 Å². The largest absolute Gasteiger partial charge is 0.297 e. The zero-order chi connectivity index (χ0) is 16.9. The maximum atomic E-state index is 12.1. The van der Waals surface area contributed by atoms with Crippen LogP contribution in [0.4, 0.5) is 5.69 Å². The van der Waals surface area contributed by atoms with Crippen LogP contribution in [-0.2, 0) is 6.54 Å². The van der Waals surface area contributed by atoms with Gasteiger partial charge in [0, 0.05) is 44.9 Å². The molecule has 7 heteroatoms. The van der Waals surface area contributed by atoms with Gasteiger partial charge in [-0.2, -0.15) is 0 Å². The Balaban J connectivity index is 1.49. The summed E-state index contributed by atoms with van der Waals surface area (Å²) >= 11 is 1.48. The van der Waals surface area contributed by atoms with E-state index in [4.69, 9.17) is 0 Å². The standard InChI is InChI=1S/C17H19N3O3S/c21-16(17-5-2-10-24-17)13-19-8-6-18(7-9-19)12-14-3-1-4-15(11-14)20(22)23/h1-5,10-11H,6-9,12-13H2. The summed E-state index contributed by atoms with van der Waals surface area (Å²) in [5.41, 5.74) is 1.08. The predicted octanol–water partition coefficient (Wildman–Crippen LogP) is 2.66. The summed E-state index contributed by atoms with van der Waals surface area (Å²) in [4.78, 5) is 27.9. The molecule has 0 saturated carbocycles. The molecule has 1 aliphatic heterocycles. The Morgan fingerprint density at radius 1 is 1.12 bits per heavy atom. The van der Waals surface area contributed by atoms with Crippen LogP contribution in [-0.4, -0.2) is 53.2 Å². The SMILES string of the molecule is O=C(CN1CCN(Cc2cccc([N+](=O)[O-])c2)CC1)c1cccs1. The summed E-state index contributed by atoms with van der Waals surface area (Å²) in [5, 5.41) is 12.8. The Bertz CT molecular complexity index is 710. The maximum Gasteiger partial charge on any atom is 0.269 e. The number of rotatable bonds is 6. The molecular weight excluding hydrogens is 326 g/mol. The zero-order valence-electron chi connectivity index (χ0n) is 13.3. The molecule has 2 heterocycles. The number of nitrogens with zero attached hydrogens (tertiary/aromatic N) is 3. The van der Waals surface area contributed by atoms with Crippen molar-refractivity contribution in [3.8, 4) is 0 Å². The number of non-ortho nitro benzene ring substituents is 1. The molecule has 0 unspecified atom stereocenters. The maximum absolute atomic E-state index is 12.1. The van der Waals surface area contributed by atoms with Crippen LogP contribution in [0.2, 0.25) is 0 Å². The van der Waals surface area contributed by atoms with Crippen molar-refractivity contribution in [3.63, 3.8) is 0 Å². The molecule has 0 amide bonds. The quantitative estimate of drug-likeness (QED) is 0.457. The van der Waals surface area contributed by atoms with Gasteiger partial charge in [0.15, 0.2) is 5.78 Å². The first-order chi connectivity index (χ1) is 11.6. The average Bonchev–Trinajstić information content (AvgIpc) is 3.11. The van der Waals surface area contributed by atoms with Crippen LogP contribution >= 0.6 is 11.3 Å². The first kappa shape index (κ1) is 16.8. The van der Waals surface area contributed by atoms with Gasteiger partial charge in [-0.25, -0.2) is 0 Å². The van der Waals surface area contributed by atoms with Gasteiger partial charge in [-0.15, -0.1) is 11.3 Å². The average molecular weight is 345 g/mol. The van der Waals surface area contributed by atoms with Crippen molar-refractivity contribution in [1.82, 2.24) is 9.80 Å². The van der Waals surface area contributed by atoms with E-state index in [1.165, 1.54) is 17.4 Å². The van der Waals surface area contributed by atoms with Gasteiger partial charge in [0.1, 0.15) is 0 Å². The van der Waals surface area contributed by atoms with Crippen molar-refractivity contribution < 1.29 is 9.72 Å². The number of ketones is 1. The van der Waals surface area contributed by atoms with E-state index in [9.17, 15) is 14.9 Å². The summed E-state index contributed by atoms with van der Waals surface area (Å²) in [5.74, 6) is 0.178. The van der Waals surface area contributed by atoms with E-state index in [0.717, 1.165) is 36.6 Å². The molecule has 126 valence electrons. The Hall–Kier alpha value is -2.09. The summed E-state index contributed by atoms with van der Waals surface area (Å²) in [6.07, 6.45) is 0. The summed E-state index contributed by atoms with van der Waals surface area (Å²) in [6.45, 7) is 4.57. The fraction of sp³-hybridized carbons (Fsp3) is 0.353. The third-order valence-corrected chi connectivity index (χ3v) is 5.07. The Morgan fingerprint density at radius 3 is 2.54 bits per heavy atom. The Kier molecular flexibility index (Phi) is 5.34. The number of nitro groups is 1. The summed E-state index contributed by atoms with van der Waals surface area (Å²) in [6, 6.07) is 10.5. The highest BCUT2D eigenvalue weighted by Gasteiger charge is 2.20. The number of carbonyl (C=O) groups is 1. The Labute approximate surface area is 144 Å². The number of benzene rings is 1. The monoisotopic (exact) mass is 345 g/mol. The fourth-order valence-electron chi connectivity index (χ4n) is 2.85. The zero-order valence-corrected chi connectivity index (χ0v) is 14.1. The van der Waals surface area contributed by atoms with E-state index in [1.54, 1.807) is 12.1 Å². The molecule has 24 heavy (non-hydrogen) atoms. The molecule has 0 bridgehead atoms. The molecule has 6 nitrogen and oxygen atoms in total. The molecule has 0 N–H and O–H groups in total. The minimum atomic E-state index is -0.363. The summed E-state index contributed by atoms with van der Waals surface area (Å²) in [7, 11) is 0. The van der Waals surface area contributed by atoms with Crippen molar-refractivity contribution in [1.29, 1.82) is 0 Å². The van der Waals surface area contributed by atoms with Gasteiger partial charge in [0.05, 0.1) is 16.3 Å². The van der Waals surface area contributed by atoms with Crippen molar-refractivity contribution in [2.24, 2.45) is 0 Å². The van der Waals surface area contributed by atoms with E-state index in [0.29, 0.717) is 13.1 Å². The molecule has 1 aromatic carbocycles. The van der Waals surface area contributed by atoms with E-state index in [-0.39, 0.29) is 16.4 Å². The lowest BCUT2D eigenvalue weighted by Gasteiger charge is -2.34. The van der Waals surface area contributed by atoms with E-state index >= 15 is 0 Å². The molecule has 1 saturated heterocycles. The molecule has 3 rings (SSSR count). The van der Waals surface area contributed by atoms with Crippen LogP contribution in [0.25, 0.3) is 0 Å². The molecule has 2 aromatic rings. The lowest BCUT2D eigenvalue weighted by Crippen LogP contribution is -2.47. The number of hydrogen-bond donors (Lipinski definition) is 0. The molecule has 0 aliphatic carbocycles. The minimum Gasteiger partial charge on any atom is -0.297 e. The van der Waals surface area contributed by atoms with Gasteiger partial charge in [-0.3, -0.25) is 24.7 Å². The van der Waals surface area contributed by atoms with Gasteiger partial charge in [0.25, 0.3) is 5.69 Å². The third kappa shape index (κ3) is 4.25. The molecule has 0 radical (unpaired) electrons. The van der Waals surface area contributed by atoms with E-state index in [2.05, 4.69) is 9.80 Å². The van der Waals surface area contributed by atoms with Crippen molar-refractivity contribution >= 4 is 22.8 Å². The second kappa shape index (κ2) is 7.65. The minimum absolute atomic E-state index is 0.132. The van der Waals surface area contributed by atoms with Crippen LogP contribution in [0.1, 0.15) is 15.2 Å². The molecule has 0 spiro atoms. The summed E-state index contributed by atoms with van der Waals surface area (Å²) < 4.78 is 0. The van der Waals surface area contributed by atoms with Crippen LogP contribution in [0.3, 0.4) is 0 Å². The molecule has 1 aliphatic rings. The smallest absolute Gasteiger partial charge is 0.269 e. The number of thiophene rings is 1. The predicted molar refractivity (Wildman–Crippen MR) is 93.5 cm³/mol. The highest BCUT2D eigenvalue weighted by molar-refractivity contribution is 7.12. The first-order valence-electron chi connectivity index (χ1n) is 7.86. The highest BCUT2D eigenvalue weighted by atomic mass is 32.1. The van der Waals surface area contributed by atoms with Crippen LogP contribution in [0.15, 0.2) is 41.8 Å². The van der Waals surface area contributed by atoms with Crippen molar-refractivity contribution in [2.45, 2.75) is 6.54 Å². The third-order valence-electron chi connectivity index (χ3n) is 4.16. The van der Waals surface area contributed by atoms with Crippen LogP contribution in [0.5, 0.6) is 0 Å². The van der Waals surface area contributed by atoms with Gasteiger partial charge in [0.2, 0.25) is 0 Å². The van der Waals surface area contributed by atoms with Crippen molar-refractivity contribution in [2.75, 3.05) is 32.7 Å². The van der Waals surface area contributed by atoms with Gasteiger partial charge in [-0.1, -0.05) is 18.2 Å². The fourth-order valence-corrected chi connectivity index (χ4v) is 3.51. The molecular formula is C17H19N3O3S. The van der Waals surface area contributed by atoms with Crippen molar-refractivity contribution in [3.05, 3.63) is 62.3 Å². The first-order valence-corrected chi connectivity index (χ1v) is 8.74. The normalized spacial score (nSPS) is 16.2. The topological polar surface area (TPSA) is 66.7 Å². The number of hydrogen-bond acceptors (Lipinski definition) is 6. The second-order valence-corrected chi connectivity index (χ2v) is 6.83. The van der Waals surface area contributed by atoms with Gasteiger partial charge in [-0.05, 0) is 17.0 Å². The van der Waals surface area contributed by atoms with Gasteiger partial charge >= 0.3 is 0 Å². The molecule has 1 aromatic heterocycles. The second-order valence-electron chi connectivity index (χ2n) is 5.88. The number of piperazine rings is 1. The Morgan fingerprint density at radius 2 is 1.88 bits per heavy atom. The lowest BCUT2D eigenvalue weighted by atomic mass is 10.1. The number of carbonyl (C=O) groups excluding carboxylic acids is 1. The highest BCUT2D eigenvalue weighted by Crippen LogP contribution is 2.16. The lowest BCUT2D eigenvalue weighted by molar-refractivity contribution is -0.384.